The zero-order valence-electron chi connectivity index (χ0n) is 11.3. The van der Waals surface area contributed by atoms with Crippen molar-refractivity contribution in [3.63, 3.8) is 0 Å². The van der Waals surface area contributed by atoms with Crippen LogP contribution in [0.3, 0.4) is 0 Å². The standard InChI is InChI=1S/C14H16N2O4/c1-19-13(17)10-8-15-12(11(10)14(18)20-2)16-9-6-4-3-5-7-9/h3-7,10-11H,8H2,1-2H3,(H,15,16)/t10-,11+/m0/s1. The van der Waals surface area contributed by atoms with Crippen molar-refractivity contribution in [3.8, 4) is 0 Å². The van der Waals surface area contributed by atoms with Crippen molar-refractivity contribution in [2.24, 2.45) is 16.8 Å². The van der Waals surface area contributed by atoms with Crippen LogP contribution in [0.4, 0.5) is 5.69 Å². The van der Waals surface area contributed by atoms with Crippen molar-refractivity contribution in [1.29, 1.82) is 0 Å². The molecule has 0 amide bonds. The van der Waals surface area contributed by atoms with E-state index < -0.39 is 23.8 Å². The van der Waals surface area contributed by atoms with Gasteiger partial charge < -0.3 is 14.8 Å². The predicted octanol–water partition coefficient (Wildman–Crippen LogP) is 1.09. The van der Waals surface area contributed by atoms with E-state index in [-0.39, 0.29) is 6.54 Å². The zero-order chi connectivity index (χ0) is 14.5. The number of methoxy groups -OCH3 is 2. The molecule has 0 saturated carbocycles. The minimum atomic E-state index is -0.757. The number of nitrogens with one attached hydrogen (secondary N) is 1. The Hall–Kier alpha value is -2.37. The second-order valence-electron chi connectivity index (χ2n) is 4.35. The second-order valence-corrected chi connectivity index (χ2v) is 4.35. The number of para-hydroxylation sites is 1. The molecule has 0 fully saturated rings. The molecule has 0 aliphatic carbocycles. The highest BCUT2D eigenvalue weighted by molar-refractivity contribution is 6.11. The molecule has 1 aliphatic heterocycles. The van der Waals surface area contributed by atoms with Gasteiger partial charge in [-0.15, -0.1) is 0 Å². The Morgan fingerprint density at radius 3 is 2.40 bits per heavy atom. The number of hydrogen-bond acceptors (Lipinski definition) is 6. The number of rotatable bonds is 3. The number of carbonyl (C=O) groups is 2. The van der Waals surface area contributed by atoms with E-state index >= 15 is 0 Å². The molecule has 0 unspecified atom stereocenters. The van der Waals surface area contributed by atoms with Gasteiger partial charge in [-0.2, -0.15) is 0 Å². The third-order valence-corrected chi connectivity index (χ3v) is 3.16. The van der Waals surface area contributed by atoms with E-state index in [0.29, 0.717) is 5.84 Å². The summed E-state index contributed by atoms with van der Waals surface area (Å²) in [5, 5.41) is 3.06. The fourth-order valence-corrected chi connectivity index (χ4v) is 2.14. The molecule has 1 aliphatic rings. The molecular weight excluding hydrogens is 260 g/mol. The van der Waals surface area contributed by atoms with Crippen LogP contribution < -0.4 is 5.32 Å². The molecule has 1 aromatic rings. The monoisotopic (exact) mass is 276 g/mol. The molecular formula is C14H16N2O4. The van der Waals surface area contributed by atoms with Gasteiger partial charge in [-0.25, -0.2) is 0 Å². The summed E-state index contributed by atoms with van der Waals surface area (Å²) in [7, 11) is 2.58. The summed E-state index contributed by atoms with van der Waals surface area (Å²) >= 11 is 0. The first-order valence-corrected chi connectivity index (χ1v) is 6.19. The molecule has 0 aromatic heterocycles. The van der Waals surface area contributed by atoms with Crippen LogP contribution in [-0.4, -0.2) is 38.5 Å². The fourth-order valence-electron chi connectivity index (χ4n) is 2.14. The van der Waals surface area contributed by atoms with Gasteiger partial charge in [0.1, 0.15) is 11.8 Å². The van der Waals surface area contributed by atoms with E-state index in [1.54, 1.807) is 0 Å². The summed E-state index contributed by atoms with van der Waals surface area (Å²) < 4.78 is 9.47. The average molecular weight is 276 g/mol. The number of hydrogen-bond donors (Lipinski definition) is 1. The highest BCUT2D eigenvalue weighted by Gasteiger charge is 2.43. The number of ether oxygens (including phenoxy) is 2. The summed E-state index contributed by atoms with van der Waals surface area (Å²) in [5.74, 6) is -1.93. The van der Waals surface area contributed by atoms with E-state index in [1.807, 2.05) is 30.3 Å². The maximum absolute atomic E-state index is 11.9. The molecule has 0 spiro atoms. The van der Waals surface area contributed by atoms with Gasteiger partial charge in [-0.3, -0.25) is 14.6 Å². The molecule has 20 heavy (non-hydrogen) atoms. The molecule has 0 radical (unpaired) electrons. The zero-order valence-corrected chi connectivity index (χ0v) is 11.3. The van der Waals surface area contributed by atoms with Crippen molar-refractivity contribution in [1.82, 2.24) is 0 Å². The summed E-state index contributed by atoms with van der Waals surface area (Å²) in [5.41, 5.74) is 0.797. The molecule has 1 aromatic carbocycles. The third kappa shape index (κ3) is 2.79. The average Bonchev–Trinajstić information content (AvgIpc) is 2.90. The molecule has 6 nitrogen and oxygen atoms in total. The Labute approximate surface area is 116 Å². The highest BCUT2D eigenvalue weighted by atomic mass is 16.5. The van der Waals surface area contributed by atoms with E-state index in [1.165, 1.54) is 14.2 Å². The maximum Gasteiger partial charge on any atom is 0.317 e. The lowest BCUT2D eigenvalue weighted by Crippen LogP contribution is -2.37. The Morgan fingerprint density at radius 2 is 1.80 bits per heavy atom. The first-order valence-electron chi connectivity index (χ1n) is 6.19. The maximum atomic E-state index is 11.9. The second kappa shape index (κ2) is 6.18. The van der Waals surface area contributed by atoms with E-state index in [9.17, 15) is 9.59 Å². The quantitative estimate of drug-likeness (QED) is 0.836. The van der Waals surface area contributed by atoms with Crippen molar-refractivity contribution in [3.05, 3.63) is 30.3 Å². The molecule has 2 atom stereocenters. The van der Waals surface area contributed by atoms with Gasteiger partial charge in [0, 0.05) is 5.69 Å². The topological polar surface area (TPSA) is 77.0 Å². The van der Waals surface area contributed by atoms with Crippen LogP contribution in [0.25, 0.3) is 0 Å². The number of carbonyl (C=O) groups excluding carboxylic acids is 2. The van der Waals surface area contributed by atoms with Crippen LogP contribution >= 0.6 is 0 Å². The van der Waals surface area contributed by atoms with Crippen LogP contribution in [0.15, 0.2) is 35.3 Å². The van der Waals surface area contributed by atoms with Crippen LogP contribution in [-0.2, 0) is 19.1 Å². The number of esters is 2. The van der Waals surface area contributed by atoms with Gasteiger partial charge >= 0.3 is 11.9 Å². The minimum Gasteiger partial charge on any atom is -0.469 e. The van der Waals surface area contributed by atoms with E-state index in [0.717, 1.165) is 5.69 Å². The van der Waals surface area contributed by atoms with Crippen LogP contribution in [0.2, 0.25) is 0 Å². The highest BCUT2D eigenvalue weighted by Crippen LogP contribution is 2.25. The predicted molar refractivity (Wildman–Crippen MR) is 73.4 cm³/mol. The molecule has 2 rings (SSSR count). The Kier molecular flexibility index (Phi) is 4.34. The summed E-state index contributed by atoms with van der Waals surface area (Å²) in [6, 6.07) is 9.31. The summed E-state index contributed by atoms with van der Waals surface area (Å²) in [6.45, 7) is 0.210. The van der Waals surface area contributed by atoms with Crippen molar-refractivity contribution in [2.45, 2.75) is 0 Å². The third-order valence-electron chi connectivity index (χ3n) is 3.16. The van der Waals surface area contributed by atoms with Gasteiger partial charge in [-0.05, 0) is 12.1 Å². The molecule has 1 heterocycles. The molecule has 106 valence electrons. The lowest BCUT2D eigenvalue weighted by atomic mass is 9.94. The largest absolute Gasteiger partial charge is 0.469 e. The van der Waals surface area contributed by atoms with Crippen LogP contribution in [0.1, 0.15) is 0 Å². The van der Waals surface area contributed by atoms with Gasteiger partial charge in [0.05, 0.1) is 26.7 Å². The Bertz CT molecular complexity index is 527. The Balaban J connectivity index is 2.19. The fraction of sp³-hybridized carbons (Fsp3) is 0.357. The lowest BCUT2D eigenvalue weighted by Gasteiger charge is -2.17. The van der Waals surface area contributed by atoms with Crippen molar-refractivity contribution < 1.29 is 19.1 Å². The summed E-state index contributed by atoms with van der Waals surface area (Å²) in [4.78, 5) is 27.8. The van der Waals surface area contributed by atoms with Gasteiger partial charge in [-0.1, -0.05) is 18.2 Å². The molecule has 0 bridgehead atoms. The minimum absolute atomic E-state index is 0.210. The number of anilines is 1. The van der Waals surface area contributed by atoms with Gasteiger partial charge in [0.25, 0.3) is 0 Å². The molecule has 0 saturated heterocycles. The van der Waals surface area contributed by atoms with Gasteiger partial charge in [0.2, 0.25) is 0 Å². The first-order chi connectivity index (χ1) is 9.67. The normalized spacial score (nSPS) is 21.0. The lowest BCUT2D eigenvalue weighted by molar-refractivity contribution is -0.153. The Morgan fingerprint density at radius 1 is 1.15 bits per heavy atom. The number of benzene rings is 1. The smallest absolute Gasteiger partial charge is 0.317 e. The number of aliphatic imine (C=N–C) groups is 1. The summed E-state index contributed by atoms with van der Waals surface area (Å²) in [6.07, 6.45) is 0. The van der Waals surface area contributed by atoms with Crippen LogP contribution in [0, 0.1) is 11.8 Å². The van der Waals surface area contributed by atoms with Crippen molar-refractivity contribution in [2.75, 3.05) is 26.1 Å². The van der Waals surface area contributed by atoms with Crippen LogP contribution in [0.5, 0.6) is 0 Å². The van der Waals surface area contributed by atoms with E-state index in [2.05, 4.69) is 10.3 Å². The molecule has 1 N–H and O–H groups in total. The molecule has 6 heteroatoms. The number of amidine groups is 1. The first kappa shape index (κ1) is 14.0. The number of nitrogens with zero attached hydrogens (tertiary/aromatic N) is 1. The van der Waals surface area contributed by atoms with Crippen molar-refractivity contribution >= 4 is 23.5 Å². The SMILES string of the molecule is COC(=O)[C@H]1C(Nc2ccccc2)=NC[C@@H]1C(=O)OC. The van der Waals surface area contributed by atoms with Gasteiger partial charge in [0.15, 0.2) is 0 Å². The van der Waals surface area contributed by atoms with E-state index in [4.69, 9.17) is 9.47 Å².